The quantitative estimate of drug-likeness (QED) is 0.909. The van der Waals surface area contributed by atoms with E-state index in [2.05, 4.69) is 10.6 Å². The molecule has 0 saturated heterocycles. The van der Waals surface area contributed by atoms with Crippen molar-refractivity contribution in [2.24, 2.45) is 0 Å². The molecule has 2 N–H and O–H groups in total. The van der Waals surface area contributed by atoms with Gasteiger partial charge in [-0.25, -0.2) is 0 Å². The Labute approximate surface area is 133 Å². The van der Waals surface area contributed by atoms with E-state index in [1.807, 2.05) is 19.9 Å². The van der Waals surface area contributed by atoms with Gasteiger partial charge in [-0.05, 0) is 36.8 Å². The molecule has 0 spiro atoms. The lowest BCUT2D eigenvalue weighted by Gasteiger charge is -2.20. The molecule has 1 aromatic heterocycles. The average molecular weight is 314 g/mol. The topological polar surface area (TPSA) is 80.6 Å². The second-order valence-electron chi connectivity index (χ2n) is 5.41. The molecular formula is C17H18N2O4. The number of nitrogens with one attached hydrogen (secondary N) is 2. The Bertz CT molecular complexity index is 751. The van der Waals surface area contributed by atoms with Crippen molar-refractivity contribution in [3.63, 3.8) is 0 Å². The van der Waals surface area contributed by atoms with E-state index in [1.54, 1.807) is 24.3 Å². The number of hydrogen-bond donors (Lipinski definition) is 2. The van der Waals surface area contributed by atoms with Crippen LogP contribution in [0.1, 0.15) is 41.8 Å². The molecular weight excluding hydrogens is 296 g/mol. The SMILES string of the molecule is CCc1ccc(C(=O)N[C@H](C)c2ccc3c(c2)NC(=O)CO3)o1. The van der Waals surface area contributed by atoms with Gasteiger partial charge >= 0.3 is 0 Å². The van der Waals surface area contributed by atoms with Gasteiger partial charge in [-0.1, -0.05) is 13.0 Å². The highest BCUT2D eigenvalue weighted by atomic mass is 16.5. The Balaban J connectivity index is 1.73. The van der Waals surface area contributed by atoms with Crippen molar-refractivity contribution in [2.45, 2.75) is 26.3 Å². The smallest absolute Gasteiger partial charge is 0.287 e. The molecule has 1 aliphatic rings. The molecule has 23 heavy (non-hydrogen) atoms. The summed E-state index contributed by atoms with van der Waals surface area (Å²) in [6.45, 7) is 3.86. The highest BCUT2D eigenvalue weighted by molar-refractivity contribution is 5.95. The molecule has 6 nitrogen and oxygen atoms in total. The Morgan fingerprint density at radius 2 is 2.17 bits per heavy atom. The number of ether oxygens (including phenoxy) is 1. The van der Waals surface area contributed by atoms with Crippen LogP contribution in [0.3, 0.4) is 0 Å². The van der Waals surface area contributed by atoms with Crippen molar-refractivity contribution < 1.29 is 18.7 Å². The minimum absolute atomic E-state index is 0.0247. The predicted octanol–water partition coefficient (Wildman–Crippen LogP) is 2.66. The van der Waals surface area contributed by atoms with Gasteiger partial charge < -0.3 is 19.8 Å². The van der Waals surface area contributed by atoms with Crippen LogP contribution in [0.5, 0.6) is 5.75 Å². The average Bonchev–Trinajstić information content (AvgIpc) is 3.03. The molecule has 1 aromatic carbocycles. The number of fused-ring (bicyclic) bond motifs is 1. The van der Waals surface area contributed by atoms with Crippen molar-refractivity contribution in [1.29, 1.82) is 0 Å². The van der Waals surface area contributed by atoms with E-state index in [1.165, 1.54) is 0 Å². The van der Waals surface area contributed by atoms with Crippen molar-refractivity contribution in [2.75, 3.05) is 11.9 Å². The lowest BCUT2D eigenvalue weighted by Crippen LogP contribution is -2.28. The monoisotopic (exact) mass is 314 g/mol. The Hall–Kier alpha value is -2.76. The van der Waals surface area contributed by atoms with E-state index >= 15 is 0 Å². The summed E-state index contributed by atoms with van der Waals surface area (Å²) in [7, 11) is 0. The van der Waals surface area contributed by atoms with Gasteiger partial charge in [0.1, 0.15) is 11.5 Å². The van der Waals surface area contributed by atoms with Crippen LogP contribution in [0.25, 0.3) is 0 Å². The largest absolute Gasteiger partial charge is 0.482 e. The molecule has 6 heteroatoms. The zero-order chi connectivity index (χ0) is 16.4. The first-order valence-electron chi connectivity index (χ1n) is 7.53. The van der Waals surface area contributed by atoms with Crippen molar-refractivity contribution in [3.05, 3.63) is 47.4 Å². The third-order valence-electron chi connectivity index (χ3n) is 3.72. The normalized spacial score (nSPS) is 14.4. The molecule has 0 radical (unpaired) electrons. The molecule has 120 valence electrons. The number of furan rings is 1. The van der Waals surface area contributed by atoms with Crippen LogP contribution in [-0.4, -0.2) is 18.4 Å². The van der Waals surface area contributed by atoms with Crippen LogP contribution in [0.4, 0.5) is 5.69 Å². The Kier molecular flexibility index (Phi) is 4.06. The minimum Gasteiger partial charge on any atom is -0.482 e. The summed E-state index contributed by atoms with van der Waals surface area (Å²) in [4.78, 5) is 23.6. The molecule has 0 saturated carbocycles. The van der Waals surface area contributed by atoms with Crippen LogP contribution in [-0.2, 0) is 11.2 Å². The summed E-state index contributed by atoms with van der Waals surface area (Å²) in [5.74, 6) is 1.24. The summed E-state index contributed by atoms with van der Waals surface area (Å²) in [6, 6.07) is 8.68. The van der Waals surface area contributed by atoms with Crippen LogP contribution in [0.2, 0.25) is 0 Å². The molecule has 2 amide bonds. The Morgan fingerprint density at radius 1 is 1.35 bits per heavy atom. The lowest BCUT2D eigenvalue weighted by molar-refractivity contribution is -0.118. The van der Waals surface area contributed by atoms with Gasteiger partial charge in [0.2, 0.25) is 0 Å². The number of benzene rings is 1. The molecule has 2 aromatic rings. The maximum absolute atomic E-state index is 12.2. The molecule has 3 rings (SSSR count). The van der Waals surface area contributed by atoms with Gasteiger partial charge in [0.15, 0.2) is 12.4 Å². The summed E-state index contributed by atoms with van der Waals surface area (Å²) in [6.07, 6.45) is 0.743. The number of rotatable bonds is 4. The highest BCUT2D eigenvalue weighted by Gasteiger charge is 2.19. The zero-order valence-electron chi connectivity index (χ0n) is 13.0. The summed E-state index contributed by atoms with van der Waals surface area (Å²) >= 11 is 0. The first-order chi connectivity index (χ1) is 11.1. The molecule has 0 bridgehead atoms. The van der Waals surface area contributed by atoms with Crippen molar-refractivity contribution in [1.82, 2.24) is 5.32 Å². The predicted molar refractivity (Wildman–Crippen MR) is 84.5 cm³/mol. The molecule has 0 fully saturated rings. The van der Waals surface area contributed by atoms with Gasteiger partial charge in [0.25, 0.3) is 11.8 Å². The number of aryl methyl sites for hydroxylation is 1. The number of carbonyl (C=O) groups is 2. The van der Waals surface area contributed by atoms with Crippen LogP contribution in [0, 0.1) is 0 Å². The maximum Gasteiger partial charge on any atom is 0.287 e. The molecule has 1 aliphatic heterocycles. The molecule has 0 aliphatic carbocycles. The van der Waals surface area contributed by atoms with E-state index < -0.39 is 0 Å². The zero-order valence-corrected chi connectivity index (χ0v) is 13.0. The van der Waals surface area contributed by atoms with Crippen molar-refractivity contribution >= 4 is 17.5 Å². The van der Waals surface area contributed by atoms with E-state index in [4.69, 9.17) is 9.15 Å². The summed E-state index contributed by atoms with van der Waals surface area (Å²) in [5.41, 5.74) is 1.48. The highest BCUT2D eigenvalue weighted by Crippen LogP contribution is 2.30. The number of carbonyl (C=O) groups excluding carboxylic acids is 2. The third kappa shape index (κ3) is 3.21. The van der Waals surface area contributed by atoms with E-state index in [0.717, 1.165) is 17.7 Å². The fourth-order valence-electron chi connectivity index (χ4n) is 2.41. The van der Waals surface area contributed by atoms with Gasteiger partial charge in [-0.15, -0.1) is 0 Å². The van der Waals surface area contributed by atoms with Crippen LogP contribution < -0.4 is 15.4 Å². The molecule has 0 unspecified atom stereocenters. The third-order valence-corrected chi connectivity index (χ3v) is 3.72. The van der Waals surface area contributed by atoms with Gasteiger partial charge in [0.05, 0.1) is 11.7 Å². The maximum atomic E-state index is 12.2. The van der Waals surface area contributed by atoms with Crippen molar-refractivity contribution in [3.8, 4) is 5.75 Å². The first-order valence-corrected chi connectivity index (χ1v) is 7.53. The van der Waals surface area contributed by atoms with E-state index in [9.17, 15) is 9.59 Å². The second kappa shape index (κ2) is 6.16. The standard InChI is InChI=1S/C17H18N2O4/c1-3-12-5-7-15(23-12)17(21)18-10(2)11-4-6-14-13(8-11)19-16(20)9-22-14/h4-8,10H,3,9H2,1-2H3,(H,18,21)(H,19,20)/t10-/m1/s1. The number of hydrogen-bond acceptors (Lipinski definition) is 4. The van der Waals surface area contributed by atoms with Gasteiger partial charge in [-0.3, -0.25) is 9.59 Å². The second-order valence-corrected chi connectivity index (χ2v) is 5.41. The number of anilines is 1. The number of amides is 2. The molecule has 2 heterocycles. The fraction of sp³-hybridized carbons (Fsp3) is 0.294. The minimum atomic E-state index is -0.268. The van der Waals surface area contributed by atoms with E-state index in [-0.39, 0.29) is 24.5 Å². The first kappa shape index (κ1) is 15.1. The fourth-order valence-corrected chi connectivity index (χ4v) is 2.41. The van der Waals surface area contributed by atoms with Crippen LogP contribution in [0.15, 0.2) is 34.7 Å². The van der Waals surface area contributed by atoms with Gasteiger partial charge in [0, 0.05) is 6.42 Å². The molecule has 1 atom stereocenters. The Morgan fingerprint density at radius 3 is 2.91 bits per heavy atom. The van der Waals surface area contributed by atoms with E-state index in [0.29, 0.717) is 17.2 Å². The van der Waals surface area contributed by atoms with Gasteiger partial charge in [-0.2, -0.15) is 0 Å². The summed E-state index contributed by atoms with van der Waals surface area (Å²) < 4.78 is 10.8. The lowest BCUT2D eigenvalue weighted by atomic mass is 10.1. The summed E-state index contributed by atoms with van der Waals surface area (Å²) in [5, 5.41) is 5.64. The van der Waals surface area contributed by atoms with Crippen LogP contribution >= 0.6 is 0 Å².